The summed E-state index contributed by atoms with van der Waals surface area (Å²) in [5.41, 5.74) is 0.715. The van der Waals surface area contributed by atoms with Gasteiger partial charge in [-0.2, -0.15) is 0 Å². The molecule has 0 saturated carbocycles. The van der Waals surface area contributed by atoms with Gasteiger partial charge in [0.1, 0.15) is 11.4 Å². The number of ether oxygens (including phenoxy) is 1. The Labute approximate surface area is 152 Å². The van der Waals surface area contributed by atoms with Gasteiger partial charge in [0.25, 0.3) is 11.8 Å². The Morgan fingerprint density at radius 1 is 1.24 bits per heavy atom. The number of rotatable bonds is 7. The molecule has 0 aliphatic rings. The molecule has 8 heteroatoms. The molecule has 1 heterocycles. The third-order valence-electron chi connectivity index (χ3n) is 3.11. The second-order valence-electron chi connectivity index (χ2n) is 4.87. The molecule has 3 N–H and O–H groups in total. The lowest BCUT2D eigenvalue weighted by atomic mass is 10.1. The molecule has 7 nitrogen and oxygen atoms in total. The van der Waals surface area contributed by atoms with Crippen LogP contribution in [-0.4, -0.2) is 37.2 Å². The Morgan fingerprint density at radius 3 is 2.52 bits per heavy atom. The van der Waals surface area contributed by atoms with Gasteiger partial charge in [-0.05, 0) is 51.8 Å². The summed E-state index contributed by atoms with van der Waals surface area (Å²) in [5, 5.41) is 13.9. The minimum atomic E-state index is -0.565. The van der Waals surface area contributed by atoms with Crippen LogP contribution in [-0.2, 0) is 4.79 Å². The Balaban J connectivity index is 2.23. The van der Waals surface area contributed by atoms with Crippen LogP contribution >= 0.6 is 15.9 Å². The molecule has 0 aliphatic heterocycles. The Bertz CT molecular complexity index is 768. The number of halogens is 1. The molecule has 0 aliphatic carbocycles. The quantitative estimate of drug-likeness (QED) is 0.607. The van der Waals surface area contributed by atoms with Gasteiger partial charge in [-0.15, -0.1) is 0 Å². The smallest absolute Gasteiger partial charge is 0.291 e. The van der Waals surface area contributed by atoms with Crippen molar-refractivity contribution in [3.05, 3.63) is 58.1 Å². The summed E-state index contributed by atoms with van der Waals surface area (Å²) in [5.74, 6) is -0.358. The fourth-order valence-electron chi connectivity index (χ4n) is 1.91. The number of hydrogen-bond donors (Lipinski definition) is 3. The van der Waals surface area contributed by atoms with Crippen molar-refractivity contribution in [3.63, 3.8) is 0 Å². The second kappa shape index (κ2) is 9.05. The summed E-state index contributed by atoms with van der Waals surface area (Å²) < 4.78 is 10.7. The Kier molecular flexibility index (Phi) is 6.79. The van der Waals surface area contributed by atoms with E-state index in [1.807, 2.05) is 0 Å². The maximum absolute atomic E-state index is 12.2. The van der Waals surface area contributed by atoms with Gasteiger partial charge in [0.2, 0.25) is 0 Å². The van der Waals surface area contributed by atoms with Crippen molar-refractivity contribution in [2.75, 3.05) is 20.3 Å². The number of amides is 2. The van der Waals surface area contributed by atoms with E-state index in [2.05, 4.69) is 26.6 Å². The van der Waals surface area contributed by atoms with Crippen LogP contribution in [0.5, 0.6) is 5.75 Å². The van der Waals surface area contributed by atoms with Crippen molar-refractivity contribution in [3.8, 4) is 5.75 Å². The van der Waals surface area contributed by atoms with Crippen molar-refractivity contribution in [2.45, 2.75) is 0 Å². The van der Waals surface area contributed by atoms with Crippen LogP contribution in [0.1, 0.15) is 16.1 Å². The first-order chi connectivity index (χ1) is 12.0. The minimum Gasteiger partial charge on any atom is -0.497 e. The zero-order chi connectivity index (χ0) is 18.2. The van der Waals surface area contributed by atoms with E-state index in [0.717, 1.165) is 0 Å². The van der Waals surface area contributed by atoms with E-state index < -0.39 is 11.8 Å². The Morgan fingerprint density at radius 2 is 1.96 bits per heavy atom. The second-order valence-corrected chi connectivity index (χ2v) is 5.65. The van der Waals surface area contributed by atoms with E-state index in [1.165, 1.54) is 12.1 Å². The first-order valence-electron chi connectivity index (χ1n) is 7.35. The zero-order valence-corrected chi connectivity index (χ0v) is 15.0. The number of carbonyl (C=O) groups is 2. The highest BCUT2D eigenvalue weighted by Crippen LogP contribution is 2.16. The summed E-state index contributed by atoms with van der Waals surface area (Å²) in [4.78, 5) is 24.5. The highest BCUT2D eigenvalue weighted by atomic mass is 79.9. The number of carbonyl (C=O) groups excluding carboxylic acids is 2. The first kappa shape index (κ1) is 18.8. The van der Waals surface area contributed by atoms with E-state index in [0.29, 0.717) is 16.0 Å². The van der Waals surface area contributed by atoms with Gasteiger partial charge in [0.15, 0.2) is 10.4 Å². The molecule has 0 unspecified atom stereocenters. The molecule has 0 radical (unpaired) electrons. The van der Waals surface area contributed by atoms with Crippen molar-refractivity contribution < 1.29 is 23.8 Å². The average molecular weight is 409 g/mol. The highest BCUT2D eigenvalue weighted by Gasteiger charge is 2.16. The lowest BCUT2D eigenvalue weighted by Crippen LogP contribution is -2.36. The molecular weight excluding hydrogens is 392 g/mol. The van der Waals surface area contributed by atoms with Crippen LogP contribution in [0.2, 0.25) is 0 Å². The summed E-state index contributed by atoms with van der Waals surface area (Å²) in [6, 6.07) is 10.0. The number of furan rings is 1. The number of hydrogen-bond acceptors (Lipinski definition) is 5. The van der Waals surface area contributed by atoms with Gasteiger partial charge in [-0.25, -0.2) is 0 Å². The fraction of sp³-hybridized carbons (Fsp3) is 0.176. The fourth-order valence-corrected chi connectivity index (χ4v) is 2.22. The summed E-state index contributed by atoms with van der Waals surface area (Å²) in [6.45, 7) is -0.137. The number of nitrogens with one attached hydrogen (secondary N) is 2. The van der Waals surface area contributed by atoms with E-state index >= 15 is 0 Å². The summed E-state index contributed by atoms with van der Waals surface area (Å²) >= 11 is 3.12. The van der Waals surface area contributed by atoms with Crippen molar-refractivity contribution in [1.82, 2.24) is 10.6 Å². The molecule has 0 spiro atoms. The number of benzene rings is 1. The molecule has 0 fully saturated rings. The molecule has 0 saturated heterocycles. The van der Waals surface area contributed by atoms with E-state index in [4.69, 9.17) is 14.3 Å². The Hall–Kier alpha value is -2.58. The van der Waals surface area contributed by atoms with Crippen molar-refractivity contribution in [1.29, 1.82) is 0 Å². The minimum absolute atomic E-state index is 0.0242. The van der Waals surface area contributed by atoms with Crippen LogP contribution in [0.25, 0.3) is 6.08 Å². The van der Waals surface area contributed by atoms with E-state index in [9.17, 15) is 9.59 Å². The molecule has 2 rings (SSSR count). The lowest BCUT2D eigenvalue weighted by molar-refractivity contribution is -0.117. The van der Waals surface area contributed by atoms with Gasteiger partial charge in [-0.3, -0.25) is 9.59 Å². The molecule has 0 atom stereocenters. The normalized spacial score (nSPS) is 11.1. The van der Waals surface area contributed by atoms with Gasteiger partial charge in [0, 0.05) is 6.54 Å². The van der Waals surface area contributed by atoms with Crippen LogP contribution in [0.15, 0.2) is 51.2 Å². The van der Waals surface area contributed by atoms with E-state index in [1.54, 1.807) is 37.4 Å². The number of aliphatic hydroxyl groups excluding tert-OH is 1. The zero-order valence-electron chi connectivity index (χ0n) is 13.4. The predicted molar refractivity (Wildman–Crippen MR) is 94.9 cm³/mol. The van der Waals surface area contributed by atoms with Gasteiger partial charge in [-0.1, -0.05) is 12.1 Å². The maximum Gasteiger partial charge on any atom is 0.291 e. The van der Waals surface area contributed by atoms with E-state index in [-0.39, 0.29) is 24.6 Å². The van der Waals surface area contributed by atoms with Crippen LogP contribution in [0.4, 0.5) is 0 Å². The SMILES string of the molecule is COc1ccc(/C=C(/NC(=O)c2ccc(Br)o2)C(=O)NCCO)cc1. The number of methoxy groups -OCH3 is 1. The van der Waals surface area contributed by atoms with Gasteiger partial charge >= 0.3 is 0 Å². The molecule has 132 valence electrons. The molecule has 0 bridgehead atoms. The molecule has 2 aromatic rings. The predicted octanol–water partition coefficient (Wildman–Crippen LogP) is 1.93. The van der Waals surface area contributed by atoms with Crippen LogP contribution in [0, 0.1) is 0 Å². The molecule has 2 amide bonds. The summed E-state index contributed by atoms with van der Waals surface area (Å²) in [6.07, 6.45) is 1.52. The third kappa shape index (κ3) is 5.47. The molecule has 1 aromatic heterocycles. The highest BCUT2D eigenvalue weighted by molar-refractivity contribution is 9.10. The third-order valence-corrected chi connectivity index (χ3v) is 3.54. The lowest BCUT2D eigenvalue weighted by Gasteiger charge is -2.10. The first-order valence-corrected chi connectivity index (χ1v) is 8.14. The topological polar surface area (TPSA) is 101 Å². The van der Waals surface area contributed by atoms with Crippen molar-refractivity contribution in [2.24, 2.45) is 0 Å². The van der Waals surface area contributed by atoms with Crippen molar-refractivity contribution >= 4 is 33.8 Å². The monoisotopic (exact) mass is 408 g/mol. The van der Waals surface area contributed by atoms with Crippen LogP contribution in [0.3, 0.4) is 0 Å². The maximum atomic E-state index is 12.2. The van der Waals surface area contributed by atoms with Crippen LogP contribution < -0.4 is 15.4 Å². The summed E-state index contributed by atoms with van der Waals surface area (Å²) in [7, 11) is 1.56. The largest absolute Gasteiger partial charge is 0.497 e. The van der Waals surface area contributed by atoms with Gasteiger partial charge < -0.3 is 24.9 Å². The number of aliphatic hydroxyl groups is 1. The average Bonchev–Trinajstić information content (AvgIpc) is 3.06. The molecule has 25 heavy (non-hydrogen) atoms. The van der Waals surface area contributed by atoms with Gasteiger partial charge in [0.05, 0.1) is 13.7 Å². The molecule has 1 aromatic carbocycles. The molecular formula is C17H17BrN2O5. The standard InChI is InChI=1S/C17H17BrN2O5/c1-24-12-4-2-11(3-5-12)10-13(16(22)19-8-9-21)20-17(23)14-6-7-15(18)25-14/h2-7,10,21H,8-9H2,1H3,(H,19,22)(H,20,23)/b13-10+.